The number of nitrogens with one attached hydrogen (secondary N) is 2. The van der Waals surface area contributed by atoms with Crippen LogP contribution in [0.1, 0.15) is 57.8 Å². The van der Waals surface area contributed by atoms with E-state index in [1.165, 1.54) is 4.90 Å². The largest absolute Gasteiger partial charge is 0.493 e. The molecule has 2 unspecified atom stereocenters. The number of hydrogen-bond acceptors (Lipinski definition) is 7. The summed E-state index contributed by atoms with van der Waals surface area (Å²) in [5.41, 5.74) is 4.14. The molecule has 9 nitrogen and oxygen atoms in total. The van der Waals surface area contributed by atoms with E-state index in [0.717, 1.165) is 25.3 Å². The molecule has 230 valence electrons. The van der Waals surface area contributed by atoms with E-state index in [-0.39, 0.29) is 43.8 Å². The fraction of sp³-hybridized carbons (Fsp3) is 0.438. The number of hydrogen-bond donors (Lipinski definition) is 3. The first kappa shape index (κ1) is 32.9. The molecular weight excluding hydrogens is 679 g/mol. The number of likely N-dealkylation sites (tertiary alicyclic amines) is 1. The lowest BCUT2D eigenvalue weighted by Gasteiger charge is -2.35. The fourth-order valence-electron chi connectivity index (χ4n) is 5.04. The van der Waals surface area contributed by atoms with E-state index in [2.05, 4.69) is 38.2 Å². The number of halogens is 1. The van der Waals surface area contributed by atoms with E-state index in [1.807, 2.05) is 88.7 Å². The number of nitrogens with zero attached hydrogens (tertiary/aromatic N) is 2. The number of benzene rings is 2. The molecule has 0 aliphatic carbocycles. The molecule has 3 N–H and O–H groups in total. The number of aryl methyl sites for hydroxylation is 1. The summed E-state index contributed by atoms with van der Waals surface area (Å²) in [4.78, 5) is 47.0. The van der Waals surface area contributed by atoms with Crippen molar-refractivity contribution in [3.63, 3.8) is 0 Å². The van der Waals surface area contributed by atoms with Gasteiger partial charge in [-0.2, -0.15) is 0 Å². The van der Waals surface area contributed by atoms with Crippen LogP contribution in [-0.2, 0) is 14.4 Å². The van der Waals surface area contributed by atoms with Crippen molar-refractivity contribution in [2.45, 2.75) is 71.7 Å². The molecular formula is C32H39IN4O5S. The molecule has 3 amide bonds. The lowest BCUT2D eigenvalue weighted by Crippen LogP contribution is -2.58. The van der Waals surface area contributed by atoms with Gasteiger partial charge in [0.15, 0.2) is 0 Å². The standard InChI is InChI=1S/C32H39IN4O5S/c1-19(21-6-8-22(9-7-21)28-20(2)34-18-43-28)35-30(40)26-16-24(38)17-37(26)31(41)29(32(3,4)5)36-27(39)14-15-42-25-12-10-23(33)11-13-25/h6-13,18-19,24,26,29,38H,14-17H2,1-5H3,(H,35,40)(H,36,39)/t19?,24-,26+,29?/m1/s1. The van der Waals surface area contributed by atoms with Gasteiger partial charge in [0, 0.05) is 16.5 Å². The summed E-state index contributed by atoms with van der Waals surface area (Å²) in [5, 5.41) is 16.4. The van der Waals surface area contributed by atoms with Gasteiger partial charge in [0.05, 0.1) is 41.3 Å². The average molecular weight is 719 g/mol. The minimum atomic E-state index is -0.890. The Morgan fingerprint density at radius 1 is 1.12 bits per heavy atom. The minimum Gasteiger partial charge on any atom is -0.493 e. The molecule has 0 bridgehead atoms. The van der Waals surface area contributed by atoms with E-state index in [9.17, 15) is 19.5 Å². The topological polar surface area (TPSA) is 121 Å². The zero-order valence-electron chi connectivity index (χ0n) is 25.1. The summed E-state index contributed by atoms with van der Waals surface area (Å²) in [6.07, 6.45) is -0.643. The molecule has 0 saturated carbocycles. The third kappa shape index (κ3) is 8.54. The van der Waals surface area contributed by atoms with Gasteiger partial charge in [0.25, 0.3) is 0 Å². The highest BCUT2D eigenvalue weighted by Crippen LogP contribution is 2.29. The van der Waals surface area contributed by atoms with Crippen LogP contribution < -0.4 is 15.4 Å². The average Bonchev–Trinajstić information content (AvgIpc) is 3.57. The van der Waals surface area contributed by atoms with Gasteiger partial charge in [0.2, 0.25) is 17.7 Å². The molecule has 3 aromatic rings. The second-order valence-corrected chi connectivity index (χ2v) is 14.0. The molecule has 2 heterocycles. The molecule has 1 aliphatic heterocycles. The van der Waals surface area contributed by atoms with E-state index in [1.54, 1.807) is 11.3 Å². The molecule has 43 heavy (non-hydrogen) atoms. The molecule has 0 spiro atoms. The summed E-state index contributed by atoms with van der Waals surface area (Å²) in [6, 6.07) is 13.4. The van der Waals surface area contributed by atoms with Crippen LogP contribution in [0.15, 0.2) is 54.0 Å². The van der Waals surface area contributed by atoms with Crippen LogP contribution in [0.4, 0.5) is 0 Å². The summed E-state index contributed by atoms with van der Waals surface area (Å²) >= 11 is 3.79. The first-order chi connectivity index (χ1) is 20.3. The summed E-state index contributed by atoms with van der Waals surface area (Å²) < 4.78 is 6.76. The Bertz CT molecular complexity index is 1420. The number of thiazole rings is 1. The van der Waals surface area contributed by atoms with Crippen molar-refractivity contribution < 1.29 is 24.2 Å². The van der Waals surface area contributed by atoms with Crippen LogP contribution >= 0.6 is 33.9 Å². The first-order valence-corrected chi connectivity index (χ1v) is 16.3. The fourth-order valence-corrected chi connectivity index (χ4v) is 6.21. The molecule has 11 heteroatoms. The number of ether oxygens (including phenoxy) is 1. The van der Waals surface area contributed by atoms with Crippen LogP contribution in [0.25, 0.3) is 10.4 Å². The van der Waals surface area contributed by atoms with Crippen LogP contribution in [0.3, 0.4) is 0 Å². The Morgan fingerprint density at radius 3 is 2.40 bits per heavy atom. The van der Waals surface area contributed by atoms with Gasteiger partial charge in [0.1, 0.15) is 17.8 Å². The maximum atomic E-state index is 13.8. The molecule has 1 aliphatic rings. The second kappa shape index (κ2) is 14.2. The first-order valence-electron chi connectivity index (χ1n) is 14.3. The van der Waals surface area contributed by atoms with Gasteiger partial charge >= 0.3 is 0 Å². The normalized spacial score (nSPS) is 18.2. The van der Waals surface area contributed by atoms with Crippen molar-refractivity contribution in [3.8, 4) is 16.2 Å². The van der Waals surface area contributed by atoms with Crippen molar-refractivity contribution in [1.29, 1.82) is 0 Å². The number of amides is 3. The number of carbonyl (C=O) groups excluding carboxylic acids is 3. The molecule has 4 rings (SSSR count). The Hall–Kier alpha value is -3.03. The summed E-state index contributed by atoms with van der Waals surface area (Å²) in [7, 11) is 0. The zero-order valence-corrected chi connectivity index (χ0v) is 28.1. The number of aromatic nitrogens is 1. The van der Waals surface area contributed by atoms with E-state index in [4.69, 9.17) is 4.74 Å². The number of aliphatic hydroxyl groups excluding tert-OH is 1. The van der Waals surface area contributed by atoms with Crippen molar-refractivity contribution in [2.24, 2.45) is 5.41 Å². The van der Waals surface area contributed by atoms with Gasteiger partial charge in [-0.05, 0) is 77.2 Å². The number of carbonyl (C=O) groups is 3. The van der Waals surface area contributed by atoms with Crippen molar-refractivity contribution in [1.82, 2.24) is 20.5 Å². The van der Waals surface area contributed by atoms with E-state index in [0.29, 0.717) is 5.75 Å². The van der Waals surface area contributed by atoms with Gasteiger partial charge in [-0.3, -0.25) is 14.4 Å². The molecule has 4 atom stereocenters. The highest BCUT2D eigenvalue weighted by molar-refractivity contribution is 14.1. The van der Waals surface area contributed by atoms with Gasteiger partial charge in [-0.1, -0.05) is 45.0 Å². The molecule has 1 saturated heterocycles. The van der Waals surface area contributed by atoms with Crippen molar-refractivity contribution in [3.05, 3.63) is 68.9 Å². The van der Waals surface area contributed by atoms with E-state index < -0.39 is 29.5 Å². The highest BCUT2D eigenvalue weighted by Gasteiger charge is 2.44. The van der Waals surface area contributed by atoms with Crippen molar-refractivity contribution >= 4 is 51.6 Å². The van der Waals surface area contributed by atoms with Gasteiger partial charge in [-0.15, -0.1) is 11.3 Å². The number of rotatable bonds is 10. The summed E-state index contributed by atoms with van der Waals surface area (Å²) in [5.74, 6) is -0.403. The van der Waals surface area contributed by atoms with Crippen LogP contribution in [-0.4, -0.2) is 64.1 Å². The maximum absolute atomic E-state index is 13.8. The van der Waals surface area contributed by atoms with Crippen LogP contribution in [0.2, 0.25) is 0 Å². The lowest BCUT2D eigenvalue weighted by molar-refractivity contribution is -0.144. The molecule has 1 fully saturated rings. The number of aliphatic hydroxyl groups is 1. The Balaban J connectivity index is 1.38. The van der Waals surface area contributed by atoms with Gasteiger partial charge in [-0.25, -0.2) is 4.98 Å². The molecule has 2 aromatic carbocycles. The second-order valence-electron chi connectivity index (χ2n) is 11.9. The van der Waals surface area contributed by atoms with Crippen molar-refractivity contribution in [2.75, 3.05) is 13.2 Å². The van der Waals surface area contributed by atoms with Crippen LogP contribution in [0, 0.1) is 15.9 Å². The lowest BCUT2D eigenvalue weighted by atomic mass is 9.85. The Labute approximate surface area is 270 Å². The molecule has 1 aromatic heterocycles. The van der Waals surface area contributed by atoms with Crippen LogP contribution in [0.5, 0.6) is 5.75 Å². The quantitative estimate of drug-likeness (QED) is 0.258. The number of β-amino-alcohol motifs (C(OH)–C–C–N with tert-alkyl or cyclic N) is 1. The zero-order chi connectivity index (χ0) is 31.3. The van der Waals surface area contributed by atoms with E-state index >= 15 is 0 Å². The summed E-state index contributed by atoms with van der Waals surface area (Å²) in [6.45, 7) is 9.62. The minimum absolute atomic E-state index is 0.0204. The highest BCUT2D eigenvalue weighted by atomic mass is 127. The Kier molecular flexibility index (Phi) is 10.8. The molecule has 0 radical (unpaired) electrons. The SMILES string of the molecule is Cc1ncsc1-c1ccc(C(C)NC(=O)[C@@H]2C[C@@H](O)CN2C(=O)C(NC(=O)CCOc2ccc(I)cc2)C(C)(C)C)cc1. The predicted octanol–water partition coefficient (Wildman–Crippen LogP) is 4.86. The monoisotopic (exact) mass is 718 g/mol. The van der Waals surface area contributed by atoms with Gasteiger partial charge < -0.3 is 25.4 Å². The Morgan fingerprint density at radius 2 is 1.79 bits per heavy atom. The smallest absolute Gasteiger partial charge is 0.246 e. The predicted molar refractivity (Wildman–Crippen MR) is 176 cm³/mol. The third-order valence-electron chi connectivity index (χ3n) is 7.47. The third-order valence-corrected chi connectivity index (χ3v) is 9.17. The maximum Gasteiger partial charge on any atom is 0.246 e.